The molecule has 0 radical (unpaired) electrons. The fraction of sp³-hybridized carbons (Fsp3) is 0.500. The number of carbonyl (C=O) groups is 1. The van der Waals surface area contributed by atoms with E-state index in [1.54, 1.807) is 17.0 Å². The molecule has 1 aromatic rings. The number of hydrogen-bond donors (Lipinski definition) is 1. The molecule has 104 valence electrons. The third kappa shape index (κ3) is 3.75. The Labute approximate surface area is 112 Å². The second-order valence-electron chi connectivity index (χ2n) is 4.89. The van der Waals surface area contributed by atoms with Crippen LogP contribution in [-0.4, -0.2) is 36.6 Å². The van der Waals surface area contributed by atoms with Gasteiger partial charge in [0.15, 0.2) is 0 Å². The van der Waals surface area contributed by atoms with Gasteiger partial charge in [-0.15, -0.1) is 0 Å². The molecule has 2 rings (SSSR count). The number of methoxy groups -OCH3 is 1. The maximum Gasteiger partial charge on any atom is 0.242 e. The number of nitrogens with two attached hydrogens (primary N) is 1. The van der Waals surface area contributed by atoms with Gasteiger partial charge >= 0.3 is 0 Å². The van der Waals surface area contributed by atoms with Crippen molar-refractivity contribution in [1.82, 2.24) is 4.90 Å². The molecule has 1 fully saturated rings. The number of ether oxygens (including phenoxy) is 1. The van der Waals surface area contributed by atoms with Gasteiger partial charge in [0.25, 0.3) is 0 Å². The number of nitrogens with zero attached hydrogens (tertiary/aromatic N) is 1. The minimum absolute atomic E-state index is 0.103. The lowest BCUT2D eigenvalue weighted by Crippen LogP contribution is -2.46. The molecule has 0 aliphatic heterocycles. The van der Waals surface area contributed by atoms with Crippen molar-refractivity contribution >= 4 is 5.91 Å². The van der Waals surface area contributed by atoms with Crippen molar-refractivity contribution < 1.29 is 13.9 Å². The third-order valence-electron chi connectivity index (χ3n) is 3.20. The van der Waals surface area contributed by atoms with Crippen LogP contribution >= 0.6 is 0 Å². The quantitative estimate of drug-likeness (QED) is 0.844. The summed E-state index contributed by atoms with van der Waals surface area (Å²) in [7, 11) is 1.52. The van der Waals surface area contributed by atoms with Gasteiger partial charge < -0.3 is 15.4 Å². The molecule has 1 unspecified atom stereocenters. The van der Waals surface area contributed by atoms with Crippen molar-refractivity contribution in [2.24, 2.45) is 5.73 Å². The highest BCUT2D eigenvalue weighted by Gasteiger charge is 2.34. The van der Waals surface area contributed by atoms with Crippen molar-refractivity contribution in [3.8, 4) is 0 Å². The lowest BCUT2D eigenvalue weighted by molar-refractivity contribution is -0.135. The molecule has 2 N–H and O–H groups in total. The Morgan fingerprint density at radius 3 is 2.63 bits per heavy atom. The maximum atomic E-state index is 12.9. The topological polar surface area (TPSA) is 55.6 Å². The highest BCUT2D eigenvalue weighted by molar-refractivity contribution is 5.82. The molecular formula is C14H19FN2O2. The van der Waals surface area contributed by atoms with Crippen LogP contribution in [0.25, 0.3) is 0 Å². The van der Waals surface area contributed by atoms with E-state index >= 15 is 0 Å². The van der Waals surface area contributed by atoms with E-state index in [0.717, 1.165) is 18.4 Å². The molecule has 0 heterocycles. The van der Waals surface area contributed by atoms with Crippen LogP contribution in [0.3, 0.4) is 0 Å². The van der Waals surface area contributed by atoms with Crippen LogP contribution in [0.4, 0.5) is 4.39 Å². The number of halogens is 1. The van der Waals surface area contributed by atoms with Crippen molar-refractivity contribution in [1.29, 1.82) is 0 Å². The smallest absolute Gasteiger partial charge is 0.242 e. The van der Waals surface area contributed by atoms with E-state index in [2.05, 4.69) is 0 Å². The lowest BCUT2D eigenvalue weighted by atomic mass is 10.2. The molecule has 0 saturated heterocycles. The first-order valence-corrected chi connectivity index (χ1v) is 6.41. The molecule has 5 heteroatoms. The summed E-state index contributed by atoms with van der Waals surface area (Å²) in [4.78, 5) is 14.0. The number of amides is 1. The Bertz CT molecular complexity index is 432. The number of carbonyl (C=O) groups excluding carboxylic acids is 1. The molecule has 0 spiro atoms. The summed E-state index contributed by atoms with van der Waals surface area (Å²) in [5.41, 5.74) is 6.70. The van der Waals surface area contributed by atoms with Crippen molar-refractivity contribution in [2.75, 3.05) is 13.7 Å². The maximum absolute atomic E-state index is 12.9. The Balaban J connectivity index is 2.04. The Morgan fingerprint density at radius 2 is 2.11 bits per heavy atom. The SMILES string of the molecule is COCC(N)C(=O)N(Cc1ccc(F)cc1)C1CC1. The van der Waals surface area contributed by atoms with Crippen LogP contribution in [0.15, 0.2) is 24.3 Å². The first-order valence-electron chi connectivity index (χ1n) is 6.41. The summed E-state index contributed by atoms with van der Waals surface area (Å²) < 4.78 is 17.8. The standard InChI is InChI=1S/C14H19FN2O2/c1-19-9-13(16)14(18)17(12-6-7-12)8-10-2-4-11(15)5-3-10/h2-5,12-13H,6-9,16H2,1H3. The Hall–Kier alpha value is -1.46. The molecule has 19 heavy (non-hydrogen) atoms. The number of rotatable bonds is 6. The molecule has 1 aliphatic rings. The third-order valence-corrected chi connectivity index (χ3v) is 3.20. The molecular weight excluding hydrogens is 247 g/mol. The predicted octanol–water partition coefficient (Wildman–Crippen LogP) is 1.29. The summed E-state index contributed by atoms with van der Waals surface area (Å²) in [6.45, 7) is 0.687. The van der Waals surface area contributed by atoms with Crippen LogP contribution in [0.5, 0.6) is 0 Å². The first kappa shape index (κ1) is 14.0. The van der Waals surface area contributed by atoms with Gasteiger partial charge in [-0.25, -0.2) is 4.39 Å². The second kappa shape index (κ2) is 6.12. The average molecular weight is 266 g/mol. The largest absolute Gasteiger partial charge is 0.383 e. The first-order chi connectivity index (χ1) is 9.11. The predicted molar refractivity (Wildman–Crippen MR) is 69.8 cm³/mol. The van der Waals surface area contributed by atoms with Gasteiger partial charge in [0.1, 0.15) is 11.9 Å². The van der Waals surface area contributed by atoms with Gasteiger partial charge in [0.2, 0.25) is 5.91 Å². The molecule has 0 bridgehead atoms. The van der Waals surface area contributed by atoms with E-state index in [0.29, 0.717) is 6.54 Å². The van der Waals surface area contributed by atoms with E-state index in [9.17, 15) is 9.18 Å². The Morgan fingerprint density at radius 1 is 1.47 bits per heavy atom. The second-order valence-corrected chi connectivity index (χ2v) is 4.89. The molecule has 1 aliphatic carbocycles. The van der Waals surface area contributed by atoms with E-state index in [-0.39, 0.29) is 24.4 Å². The average Bonchev–Trinajstić information content (AvgIpc) is 3.22. The summed E-state index contributed by atoms with van der Waals surface area (Å²) in [5.74, 6) is -0.377. The number of benzene rings is 1. The number of hydrogen-bond acceptors (Lipinski definition) is 3. The zero-order valence-corrected chi connectivity index (χ0v) is 11.0. The van der Waals surface area contributed by atoms with Crippen molar-refractivity contribution in [3.05, 3.63) is 35.6 Å². The molecule has 4 nitrogen and oxygen atoms in total. The molecule has 1 amide bonds. The van der Waals surface area contributed by atoms with Crippen LogP contribution in [0.2, 0.25) is 0 Å². The van der Waals surface area contributed by atoms with E-state index < -0.39 is 6.04 Å². The monoisotopic (exact) mass is 266 g/mol. The molecule has 1 atom stereocenters. The zero-order chi connectivity index (χ0) is 13.8. The summed E-state index contributed by atoms with van der Waals surface area (Å²) in [5, 5.41) is 0. The van der Waals surface area contributed by atoms with Crippen LogP contribution in [0, 0.1) is 5.82 Å². The highest BCUT2D eigenvalue weighted by Crippen LogP contribution is 2.28. The van der Waals surface area contributed by atoms with E-state index in [4.69, 9.17) is 10.5 Å². The molecule has 1 aromatic carbocycles. The summed E-state index contributed by atoms with van der Waals surface area (Å²) in [6, 6.07) is 5.83. The summed E-state index contributed by atoms with van der Waals surface area (Å²) in [6.07, 6.45) is 2.01. The van der Waals surface area contributed by atoms with Gasteiger partial charge in [-0.05, 0) is 30.5 Å². The van der Waals surface area contributed by atoms with Crippen LogP contribution in [0.1, 0.15) is 18.4 Å². The van der Waals surface area contributed by atoms with E-state index in [1.165, 1.54) is 19.2 Å². The fourth-order valence-corrected chi connectivity index (χ4v) is 2.02. The van der Waals surface area contributed by atoms with Crippen molar-refractivity contribution in [2.45, 2.75) is 31.5 Å². The normalized spacial score (nSPS) is 16.2. The van der Waals surface area contributed by atoms with Crippen LogP contribution < -0.4 is 5.73 Å². The summed E-state index contributed by atoms with van der Waals surface area (Å²) >= 11 is 0. The fourth-order valence-electron chi connectivity index (χ4n) is 2.02. The van der Waals surface area contributed by atoms with Crippen molar-refractivity contribution in [3.63, 3.8) is 0 Å². The van der Waals surface area contributed by atoms with Gasteiger partial charge in [-0.2, -0.15) is 0 Å². The van der Waals surface area contributed by atoms with E-state index in [1.807, 2.05) is 0 Å². The molecule has 1 saturated carbocycles. The minimum Gasteiger partial charge on any atom is -0.383 e. The van der Waals surface area contributed by atoms with Gasteiger partial charge in [0, 0.05) is 19.7 Å². The highest BCUT2D eigenvalue weighted by atomic mass is 19.1. The zero-order valence-electron chi connectivity index (χ0n) is 11.0. The van der Waals surface area contributed by atoms with Gasteiger partial charge in [-0.1, -0.05) is 12.1 Å². The van der Waals surface area contributed by atoms with Gasteiger partial charge in [0.05, 0.1) is 6.61 Å². The van der Waals surface area contributed by atoms with Crippen LogP contribution in [-0.2, 0) is 16.1 Å². The Kier molecular flexibility index (Phi) is 4.50. The molecule has 0 aromatic heterocycles. The lowest BCUT2D eigenvalue weighted by Gasteiger charge is -2.25. The van der Waals surface area contributed by atoms with Gasteiger partial charge in [-0.3, -0.25) is 4.79 Å². The minimum atomic E-state index is -0.633.